The molecule has 1 aliphatic rings. The summed E-state index contributed by atoms with van der Waals surface area (Å²) >= 11 is 0. The average Bonchev–Trinajstić information content (AvgIpc) is 2.56. The van der Waals surface area contributed by atoms with Crippen LogP contribution in [0.4, 0.5) is 5.82 Å². The van der Waals surface area contributed by atoms with Crippen LogP contribution < -0.4 is 5.73 Å². The van der Waals surface area contributed by atoms with Gasteiger partial charge in [-0.1, -0.05) is 6.92 Å². The van der Waals surface area contributed by atoms with Gasteiger partial charge in [-0.05, 0) is 31.8 Å². The largest absolute Gasteiger partial charge is 0.382 e. The minimum Gasteiger partial charge on any atom is -0.382 e. The molecule has 1 aromatic rings. The standard InChI is InChI=1S/C10H18N4/c1-8-2-4-14(5-3-8)7-9-6-10(11)13-12-9/h6,8H,2-5,7H2,1H3,(H3,11,12,13). The SMILES string of the molecule is CC1CCN(Cc2cc(N)n[nH]2)CC1. The third kappa shape index (κ3) is 2.26. The second-order valence-corrected chi connectivity index (χ2v) is 4.28. The maximum absolute atomic E-state index is 5.54. The van der Waals surface area contributed by atoms with Crippen molar-refractivity contribution in [2.75, 3.05) is 18.8 Å². The third-order valence-electron chi connectivity index (χ3n) is 2.92. The summed E-state index contributed by atoms with van der Waals surface area (Å²) in [6.45, 7) is 5.67. The maximum atomic E-state index is 5.54. The van der Waals surface area contributed by atoms with Crippen LogP contribution in [0.15, 0.2) is 6.07 Å². The van der Waals surface area contributed by atoms with Crippen LogP contribution in [0.5, 0.6) is 0 Å². The number of aromatic nitrogens is 2. The van der Waals surface area contributed by atoms with Gasteiger partial charge in [0.05, 0.1) is 5.69 Å². The first-order valence-electron chi connectivity index (χ1n) is 5.26. The van der Waals surface area contributed by atoms with Gasteiger partial charge >= 0.3 is 0 Å². The number of rotatable bonds is 2. The second-order valence-electron chi connectivity index (χ2n) is 4.28. The van der Waals surface area contributed by atoms with Crippen LogP contribution >= 0.6 is 0 Å². The van der Waals surface area contributed by atoms with Crippen molar-refractivity contribution < 1.29 is 0 Å². The van der Waals surface area contributed by atoms with Gasteiger partial charge in [0.15, 0.2) is 0 Å². The molecule has 78 valence electrons. The highest BCUT2D eigenvalue weighted by atomic mass is 15.2. The van der Waals surface area contributed by atoms with Crippen LogP contribution in [0.1, 0.15) is 25.5 Å². The normalized spacial score (nSPS) is 20.1. The molecule has 0 spiro atoms. The minimum atomic E-state index is 0.588. The van der Waals surface area contributed by atoms with Gasteiger partial charge in [0.2, 0.25) is 0 Å². The molecule has 0 atom stereocenters. The lowest BCUT2D eigenvalue weighted by molar-refractivity contribution is 0.183. The highest BCUT2D eigenvalue weighted by molar-refractivity contribution is 5.28. The number of nitrogens with zero attached hydrogens (tertiary/aromatic N) is 2. The van der Waals surface area contributed by atoms with Crippen LogP contribution in [-0.2, 0) is 6.54 Å². The Kier molecular flexibility index (Phi) is 2.72. The number of H-pyrrole nitrogens is 1. The molecule has 0 unspecified atom stereocenters. The van der Waals surface area contributed by atoms with Gasteiger partial charge < -0.3 is 5.73 Å². The number of hydrogen-bond donors (Lipinski definition) is 2. The van der Waals surface area contributed by atoms with Gasteiger partial charge in [0, 0.05) is 12.6 Å². The Labute approximate surface area is 84.5 Å². The Balaban J connectivity index is 1.86. The number of nitrogen functional groups attached to an aromatic ring is 1. The Bertz CT molecular complexity index is 286. The molecule has 1 fully saturated rings. The van der Waals surface area contributed by atoms with Crippen molar-refractivity contribution in [1.82, 2.24) is 15.1 Å². The number of aromatic amines is 1. The van der Waals surface area contributed by atoms with E-state index in [1.807, 2.05) is 6.07 Å². The van der Waals surface area contributed by atoms with E-state index in [0.717, 1.165) is 18.2 Å². The monoisotopic (exact) mass is 194 g/mol. The lowest BCUT2D eigenvalue weighted by Gasteiger charge is -2.29. The topological polar surface area (TPSA) is 57.9 Å². The van der Waals surface area contributed by atoms with Gasteiger partial charge in [-0.25, -0.2) is 0 Å². The zero-order valence-corrected chi connectivity index (χ0v) is 8.66. The molecule has 2 heterocycles. The second kappa shape index (κ2) is 4.00. The van der Waals surface area contributed by atoms with Crippen molar-refractivity contribution in [2.45, 2.75) is 26.3 Å². The maximum Gasteiger partial charge on any atom is 0.145 e. The van der Waals surface area contributed by atoms with E-state index in [-0.39, 0.29) is 0 Å². The highest BCUT2D eigenvalue weighted by Gasteiger charge is 2.16. The lowest BCUT2D eigenvalue weighted by atomic mass is 9.99. The first-order chi connectivity index (χ1) is 6.74. The van der Waals surface area contributed by atoms with Crippen molar-refractivity contribution in [3.05, 3.63) is 11.8 Å². The zero-order chi connectivity index (χ0) is 9.97. The molecule has 2 rings (SSSR count). The van der Waals surface area contributed by atoms with E-state index in [4.69, 9.17) is 5.73 Å². The first-order valence-corrected chi connectivity index (χ1v) is 5.26. The molecule has 0 aromatic carbocycles. The molecule has 4 heteroatoms. The Morgan fingerprint density at radius 3 is 2.86 bits per heavy atom. The van der Waals surface area contributed by atoms with E-state index < -0.39 is 0 Å². The fourth-order valence-electron chi connectivity index (χ4n) is 1.92. The molecule has 0 amide bonds. The van der Waals surface area contributed by atoms with Gasteiger partial charge in [-0.15, -0.1) is 0 Å². The Hall–Kier alpha value is -1.03. The highest BCUT2D eigenvalue weighted by Crippen LogP contribution is 2.17. The van der Waals surface area contributed by atoms with E-state index in [1.165, 1.54) is 25.9 Å². The predicted molar refractivity (Wildman–Crippen MR) is 56.7 cm³/mol. The number of piperidine rings is 1. The minimum absolute atomic E-state index is 0.588. The lowest BCUT2D eigenvalue weighted by Crippen LogP contribution is -2.32. The van der Waals surface area contributed by atoms with Crippen molar-refractivity contribution in [2.24, 2.45) is 5.92 Å². The summed E-state index contributed by atoms with van der Waals surface area (Å²) in [5.41, 5.74) is 6.67. The fraction of sp³-hybridized carbons (Fsp3) is 0.700. The van der Waals surface area contributed by atoms with Gasteiger partial charge in [0.1, 0.15) is 5.82 Å². The molecule has 1 aliphatic heterocycles. The first kappa shape index (κ1) is 9.52. The molecular weight excluding hydrogens is 176 g/mol. The number of anilines is 1. The molecule has 1 aromatic heterocycles. The number of nitrogens with two attached hydrogens (primary N) is 1. The summed E-state index contributed by atoms with van der Waals surface area (Å²) < 4.78 is 0. The quantitative estimate of drug-likeness (QED) is 0.744. The van der Waals surface area contributed by atoms with E-state index in [0.29, 0.717) is 5.82 Å². The van der Waals surface area contributed by atoms with E-state index >= 15 is 0 Å². The van der Waals surface area contributed by atoms with E-state index in [2.05, 4.69) is 22.0 Å². The summed E-state index contributed by atoms with van der Waals surface area (Å²) in [6, 6.07) is 1.91. The summed E-state index contributed by atoms with van der Waals surface area (Å²) in [4.78, 5) is 2.45. The van der Waals surface area contributed by atoms with E-state index in [9.17, 15) is 0 Å². The number of nitrogens with one attached hydrogen (secondary N) is 1. The van der Waals surface area contributed by atoms with Crippen molar-refractivity contribution >= 4 is 5.82 Å². The molecule has 3 N–H and O–H groups in total. The molecule has 1 saturated heterocycles. The fourth-order valence-corrected chi connectivity index (χ4v) is 1.92. The summed E-state index contributed by atoms with van der Waals surface area (Å²) in [5, 5.41) is 6.87. The number of likely N-dealkylation sites (tertiary alicyclic amines) is 1. The molecule has 0 bridgehead atoms. The van der Waals surface area contributed by atoms with Crippen LogP contribution in [0.2, 0.25) is 0 Å². The Morgan fingerprint density at radius 2 is 2.29 bits per heavy atom. The third-order valence-corrected chi connectivity index (χ3v) is 2.92. The van der Waals surface area contributed by atoms with Crippen LogP contribution in [-0.4, -0.2) is 28.2 Å². The van der Waals surface area contributed by atoms with Gasteiger partial charge in [0.25, 0.3) is 0 Å². The molecule has 0 saturated carbocycles. The molecule has 0 aliphatic carbocycles. The van der Waals surface area contributed by atoms with Crippen molar-refractivity contribution in [3.63, 3.8) is 0 Å². The average molecular weight is 194 g/mol. The molecule has 0 radical (unpaired) electrons. The van der Waals surface area contributed by atoms with Crippen LogP contribution in [0.3, 0.4) is 0 Å². The summed E-state index contributed by atoms with van der Waals surface area (Å²) in [5.74, 6) is 1.48. The van der Waals surface area contributed by atoms with Crippen molar-refractivity contribution in [1.29, 1.82) is 0 Å². The zero-order valence-electron chi connectivity index (χ0n) is 8.66. The summed E-state index contributed by atoms with van der Waals surface area (Å²) in [7, 11) is 0. The van der Waals surface area contributed by atoms with Gasteiger partial charge in [-0.2, -0.15) is 5.10 Å². The number of hydrogen-bond acceptors (Lipinski definition) is 3. The smallest absolute Gasteiger partial charge is 0.145 e. The predicted octanol–water partition coefficient (Wildman–Crippen LogP) is 1.22. The van der Waals surface area contributed by atoms with Crippen LogP contribution in [0, 0.1) is 5.92 Å². The molecular formula is C10H18N4. The Morgan fingerprint density at radius 1 is 1.57 bits per heavy atom. The molecule has 14 heavy (non-hydrogen) atoms. The van der Waals surface area contributed by atoms with E-state index in [1.54, 1.807) is 0 Å². The van der Waals surface area contributed by atoms with Gasteiger partial charge in [-0.3, -0.25) is 10.00 Å². The molecule has 4 nitrogen and oxygen atoms in total. The van der Waals surface area contributed by atoms with Crippen molar-refractivity contribution in [3.8, 4) is 0 Å². The van der Waals surface area contributed by atoms with Crippen LogP contribution in [0.25, 0.3) is 0 Å². The summed E-state index contributed by atoms with van der Waals surface area (Å²) in [6.07, 6.45) is 2.62.